The summed E-state index contributed by atoms with van der Waals surface area (Å²) >= 11 is 0. The Morgan fingerprint density at radius 3 is 2.56 bits per heavy atom. The lowest BCUT2D eigenvalue weighted by Gasteiger charge is -2.12. The number of H-pyrrole nitrogens is 1. The van der Waals surface area contributed by atoms with Gasteiger partial charge in [-0.3, -0.25) is 14.5 Å². The van der Waals surface area contributed by atoms with Gasteiger partial charge in [0.05, 0.1) is 41.8 Å². The van der Waals surface area contributed by atoms with E-state index in [4.69, 9.17) is 9.47 Å². The molecule has 0 spiro atoms. The smallest absolute Gasteiger partial charge is 0.267 e. The molecule has 5 aromatic rings. The summed E-state index contributed by atoms with van der Waals surface area (Å²) in [5.41, 5.74) is 1.64. The Balaban J connectivity index is 1.42. The molecule has 0 aliphatic heterocycles. The van der Waals surface area contributed by atoms with Crippen LogP contribution >= 0.6 is 0 Å². The van der Waals surface area contributed by atoms with Crippen molar-refractivity contribution in [3.05, 3.63) is 77.3 Å². The summed E-state index contributed by atoms with van der Waals surface area (Å²) in [5, 5.41) is 11.3. The quantitative estimate of drug-likeness (QED) is 0.384. The van der Waals surface area contributed by atoms with E-state index in [1.807, 2.05) is 54.6 Å². The van der Waals surface area contributed by atoms with Gasteiger partial charge in [-0.2, -0.15) is 10.1 Å². The van der Waals surface area contributed by atoms with Crippen molar-refractivity contribution in [1.29, 1.82) is 0 Å². The second-order valence-electron chi connectivity index (χ2n) is 7.02. The van der Waals surface area contributed by atoms with Gasteiger partial charge in [0.2, 0.25) is 5.95 Å². The van der Waals surface area contributed by atoms with Crippen LogP contribution in [0.25, 0.3) is 27.6 Å². The number of methoxy groups -OCH3 is 1. The molecule has 0 amide bonds. The van der Waals surface area contributed by atoms with Gasteiger partial charge in [-0.05, 0) is 36.4 Å². The van der Waals surface area contributed by atoms with E-state index in [-0.39, 0.29) is 5.56 Å². The predicted octanol–water partition coefficient (Wildman–Crippen LogP) is 3.16. The largest absolute Gasteiger partial charge is 0.497 e. The summed E-state index contributed by atoms with van der Waals surface area (Å²) in [6, 6.07) is 16.8. The second kappa shape index (κ2) is 8.38. The molecular weight excluding hydrogens is 408 g/mol. The molecule has 0 unspecified atom stereocenters. The van der Waals surface area contributed by atoms with Crippen molar-refractivity contribution in [2.75, 3.05) is 25.6 Å². The maximum atomic E-state index is 13.2. The van der Waals surface area contributed by atoms with Crippen molar-refractivity contribution in [2.45, 2.75) is 0 Å². The predicted molar refractivity (Wildman–Crippen MR) is 122 cm³/mol. The Morgan fingerprint density at radius 2 is 1.78 bits per heavy atom. The fourth-order valence-electron chi connectivity index (χ4n) is 3.50. The van der Waals surface area contributed by atoms with E-state index < -0.39 is 0 Å². The van der Waals surface area contributed by atoms with Gasteiger partial charge in [-0.15, -0.1) is 0 Å². The number of anilines is 1. The van der Waals surface area contributed by atoms with Crippen molar-refractivity contribution in [3.63, 3.8) is 0 Å². The van der Waals surface area contributed by atoms with E-state index in [0.717, 1.165) is 17.2 Å². The van der Waals surface area contributed by atoms with Crippen LogP contribution in [0.3, 0.4) is 0 Å². The first-order valence-electron chi connectivity index (χ1n) is 10.1. The van der Waals surface area contributed by atoms with E-state index in [9.17, 15) is 4.79 Å². The van der Waals surface area contributed by atoms with Crippen LogP contribution in [0.2, 0.25) is 0 Å². The molecule has 32 heavy (non-hydrogen) atoms. The van der Waals surface area contributed by atoms with Crippen LogP contribution in [-0.2, 0) is 0 Å². The number of para-hydroxylation sites is 1. The highest BCUT2D eigenvalue weighted by Gasteiger charge is 2.16. The lowest BCUT2D eigenvalue weighted by atomic mass is 10.2. The summed E-state index contributed by atoms with van der Waals surface area (Å²) in [6.45, 7) is 0.901. The fourth-order valence-corrected chi connectivity index (χ4v) is 3.50. The molecule has 3 aromatic heterocycles. The first-order valence-corrected chi connectivity index (χ1v) is 10.1. The molecule has 9 nitrogen and oxygen atoms in total. The average molecular weight is 428 g/mol. The summed E-state index contributed by atoms with van der Waals surface area (Å²) in [6.07, 6.45) is 3.22. The molecule has 2 aromatic carbocycles. The van der Waals surface area contributed by atoms with Crippen LogP contribution in [-0.4, -0.2) is 45.0 Å². The zero-order valence-corrected chi connectivity index (χ0v) is 17.3. The molecule has 3 heterocycles. The maximum Gasteiger partial charge on any atom is 0.267 e. The highest BCUT2D eigenvalue weighted by Crippen LogP contribution is 2.22. The summed E-state index contributed by atoms with van der Waals surface area (Å²) in [7, 11) is 1.62. The Morgan fingerprint density at radius 1 is 1.00 bits per heavy atom. The number of hydrogen-bond acceptors (Lipinski definition) is 7. The van der Waals surface area contributed by atoms with Crippen LogP contribution in [0.1, 0.15) is 0 Å². The number of aromatic amines is 1. The highest BCUT2D eigenvalue weighted by molar-refractivity contribution is 6.02. The van der Waals surface area contributed by atoms with Crippen LogP contribution in [0.4, 0.5) is 5.95 Å². The average Bonchev–Trinajstić information content (AvgIpc) is 3.34. The number of rotatable bonds is 7. The van der Waals surface area contributed by atoms with Crippen molar-refractivity contribution >= 4 is 27.9 Å². The van der Waals surface area contributed by atoms with Gasteiger partial charge in [0.15, 0.2) is 5.65 Å². The van der Waals surface area contributed by atoms with Crippen molar-refractivity contribution in [2.24, 2.45) is 0 Å². The Kier molecular flexibility index (Phi) is 5.12. The number of aromatic nitrogens is 5. The van der Waals surface area contributed by atoms with E-state index in [1.54, 1.807) is 17.9 Å². The van der Waals surface area contributed by atoms with Gasteiger partial charge in [0.1, 0.15) is 18.1 Å². The number of pyridine rings is 1. The number of hydrogen-bond donors (Lipinski definition) is 2. The van der Waals surface area contributed by atoms with E-state index >= 15 is 0 Å². The lowest BCUT2D eigenvalue weighted by Crippen LogP contribution is -2.20. The lowest BCUT2D eigenvalue weighted by molar-refractivity contribution is 0.331. The molecule has 0 saturated heterocycles. The Labute approximate surface area is 182 Å². The minimum absolute atomic E-state index is 0.195. The molecule has 0 fully saturated rings. The fraction of sp³-hybridized carbons (Fsp3) is 0.130. The third-order valence-corrected chi connectivity index (χ3v) is 5.05. The summed E-state index contributed by atoms with van der Waals surface area (Å²) < 4.78 is 12.5. The Hall–Kier alpha value is -4.40. The molecule has 2 N–H and O–H groups in total. The number of nitrogens with zero attached hydrogens (tertiary/aromatic N) is 4. The van der Waals surface area contributed by atoms with Gasteiger partial charge < -0.3 is 14.8 Å². The van der Waals surface area contributed by atoms with Crippen LogP contribution < -0.4 is 20.3 Å². The SMILES string of the molecule is COc1ccc(OCCNc2ncc3c4[nH]ncc4c(=O)n(-c4ccccc4)c3n2)cc1. The molecule has 0 saturated carbocycles. The molecular formula is C23H20N6O3. The first-order chi connectivity index (χ1) is 15.7. The van der Waals surface area contributed by atoms with Gasteiger partial charge >= 0.3 is 0 Å². The molecule has 0 bridgehead atoms. The Bertz CT molecular complexity index is 1430. The monoisotopic (exact) mass is 428 g/mol. The zero-order valence-electron chi connectivity index (χ0n) is 17.3. The third-order valence-electron chi connectivity index (χ3n) is 5.05. The molecule has 0 atom stereocenters. The minimum Gasteiger partial charge on any atom is -0.497 e. The van der Waals surface area contributed by atoms with Gasteiger partial charge in [0.25, 0.3) is 5.56 Å². The van der Waals surface area contributed by atoms with Crippen molar-refractivity contribution in [3.8, 4) is 17.2 Å². The molecule has 0 radical (unpaired) electrons. The topological polar surface area (TPSA) is 107 Å². The minimum atomic E-state index is -0.195. The van der Waals surface area contributed by atoms with Gasteiger partial charge in [0, 0.05) is 6.20 Å². The molecule has 9 heteroatoms. The second-order valence-corrected chi connectivity index (χ2v) is 7.02. The number of benzene rings is 2. The van der Waals surface area contributed by atoms with Crippen LogP contribution in [0.5, 0.6) is 11.5 Å². The highest BCUT2D eigenvalue weighted by atomic mass is 16.5. The standard InChI is InChI=1S/C23H20N6O3/c1-31-16-7-9-17(10-8-16)32-12-11-24-23-25-13-18-20-19(14-26-28-20)22(30)29(21(18)27-23)15-5-3-2-4-6-15/h2-10,13-14H,11-12H2,1H3,(H,26,28)(H,24,25,27). The molecule has 5 rings (SSSR count). The third kappa shape index (κ3) is 3.60. The first kappa shape index (κ1) is 19.6. The number of ether oxygens (including phenoxy) is 2. The molecule has 0 aliphatic carbocycles. The molecule has 160 valence electrons. The van der Waals surface area contributed by atoms with Crippen LogP contribution in [0.15, 0.2) is 71.8 Å². The summed E-state index contributed by atoms with van der Waals surface area (Å²) in [5.74, 6) is 1.92. The van der Waals surface area contributed by atoms with Gasteiger partial charge in [-0.1, -0.05) is 18.2 Å². The van der Waals surface area contributed by atoms with Crippen LogP contribution in [0, 0.1) is 0 Å². The van der Waals surface area contributed by atoms with E-state index in [0.29, 0.717) is 41.0 Å². The van der Waals surface area contributed by atoms with E-state index in [1.165, 1.54) is 6.20 Å². The zero-order chi connectivity index (χ0) is 21.9. The van der Waals surface area contributed by atoms with E-state index in [2.05, 4.69) is 25.5 Å². The van der Waals surface area contributed by atoms with Gasteiger partial charge in [-0.25, -0.2) is 4.98 Å². The summed E-state index contributed by atoms with van der Waals surface area (Å²) in [4.78, 5) is 22.2. The number of fused-ring (bicyclic) bond motifs is 3. The molecule has 0 aliphatic rings. The van der Waals surface area contributed by atoms with Crippen molar-refractivity contribution < 1.29 is 9.47 Å². The normalized spacial score (nSPS) is 11.0. The maximum absolute atomic E-state index is 13.2. The van der Waals surface area contributed by atoms with Crippen molar-refractivity contribution in [1.82, 2.24) is 24.7 Å². The number of nitrogens with one attached hydrogen (secondary N) is 2.